The quantitative estimate of drug-likeness (QED) is 0.910. The lowest BCUT2D eigenvalue weighted by Gasteiger charge is -2.30. The van der Waals surface area contributed by atoms with Crippen LogP contribution < -0.4 is 5.73 Å². The fraction of sp³-hybridized carbons (Fsp3) is 0.500. The van der Waals surface area contributed by atoms with E-state index in [1.54, 1.807) is 0 Å². The van der Waals surface area contributed by atoms with E-state index in [1.165, 1.54) is 0 Å². The van der Waals surface area contributed by atoms with Crippen LogP contribution in [0, 0.1) is 23.4 Å². The van der Waals surface area contributed by atoms with Gasteiger partial charge < -0.3 is 5.73 Å². The van der Waals surface area contributed by atoms with Gasteiger partial charge >= 0.3 is 0 Å². The molecule has 1 fully saturated rings. The van der Waals surface area contributed by atoms with Crippen molar-refractivity contribution < 1.29 is 21.6 Å². The molecular formula is C12H16ClF3N2O2S. The predicted molar refractivity (Wildman–Crippen MR) is 74.1 cm³/mol. The largest absolute Gasteiger partial charge is 0.330 e. The summed E-state index contributed by atoms with van der Waals surface area (Å²) in [6.07, 6.45) is 1.08. The lowest BCUT2D eigenvalue weighted by atomic mass is 9.99. The van der Waals surface area contributed by atoms with Gasteiger partial charge in [-0.05, 0) is 25.3 Å². The summed E-state index contributed by atoms with van der Waals surface area (Å²) in [4.78, 5) is -1.09. The standard InChI is InChI=1S/C12H15F3N2O2S.ClH/c13-9-5-10(14)12(11(15)6-9)20(18,19)17-3-1-8(7-16)2-4-17;/h5-6,8H,1-4,7,16H2;1H. The minimum atomic E-state index is -4.30. The average molecular weight is 345 g/mol. The van der Waals surface area contributed by atoms with Crippen LogP contribution in [-0.4, -0.2) is 32.4 Å². The Balaban J connectivity index is 0.00000220. The highest BCUT2D eigenvalue weighted by Crippen LogP contribution is 2.27. The number of halogens is 4. The van der Waals surface area contributed by atoms with Crippen LogP contribution in [0.4, 0.5) is 13.2 Å². The predicted octanol–water partition coefficient (Wildman–Crippen LogP) is 1.89. The Bertz CT molecular complexity index is 582. The van der Waals surface area contributed by atoms with E-state index in [2.05, 4.69) is 0 Å². The molecule has 1 aliphatic rings. The molecule has 0 atom stereocenters. The smallest absolute Gasteiger partial charge is 0.248 e. The van der Waals surface area contributed by atoms with Gasteiger partial charge in [0, 0.05) is 25.2 Å². The molecule has 0 saturated carbocycles. The summed E-state index contributed by atoms with van der Waals surface area (Å²) in [7, 11) is -4.30. The van der Waals surface area contributed by atoms with Crippen LogP contribution in [0.1, 0.15) is 12.8 Å². The van der Waals surface area contributed by atoms with E-state index >= 15 is 0 Å². The van der Waals surface area contributed by atoms with Crippen molar-refractivity contribution in [3.8, 4) is 0 Å². The minimum absolute atomic E-state index is 0. The summed E-state index contributed by atoms with van der Waals surface area (Å²) < 4.78 is 65.5. The van der Waals surface area contributed by atoms with E-state index in [0.29, 0.717) is 31.5 Å². The van der Waals surface area contributed by atoms with Crippen molar-refractivity contribution in [2.45, 2.75) is 17.7 Å². The summed E-state index contributed by atoms with van der Waals surface area (Å²) in [6.45, 7) is 0.758. The van der Waals surface area contributed by atoms with E-state index in [9.17, 15) is 21.6 Å². The van der Waals surface area contributed by atoms with Crippen LogP contribution >= 0.6 is 12.4 Å². The Morgan fingerprint density at radius 2 is 1.62 bits per heavy atom. The van der Waals surface area contributed by atoms with Gasteiger partial charge in [-0.15, -0.1) is 12.4 Å². The van der Waals surface area contributed by atoms with Crippen LogP contribution in [0.25, 0.3) is 0 Å². The number of nitrogens with two attached hydrogens (primary N) is 1. The fourth-order valence-electron chi connectivity index (χ4n) is 2.29. The highest BCUT2D eigenvalue weighted by Gasteiger charge is 2.33. The molecule has 1 aromatic carbocycles. The Kier molecular flexibility index (Phi) is 6.03. The third-order valence-corrected chi connectivity index (χ3v) is 5.42. The van der Waals surface area contributed by atoms with Gasteiger partial charge in [0.1, 0.15) is 17.5 Å². The maximum atomic E-state index is 13.6. The molecule has 120 valence electrons. The first-order valence-electron chi connectivity index (χ1n) is 6.21. The van der Waals surface area contributed by atoms with Gasteiger partial charge in [-0.1, -0.05) is 0 Å². The molecule has 1 aromatic rings. The first kappa shape index (κ1) is 18.2. The van der Waals surface area contributed by atoms with Crippen LogP contribution in [0.15, 0.2) is 17.0 Å². The van der Waals surface area contributed by atoms with Crippen molar-refractivity contribution in [3.63, 3.8) is 0 Å². The molecule has 9 heteroatoms. The summed E-state index contributed by atoms with van der Waals surface area (Å²) in [5.74, 6) is -3.77. The average Bonchev–Trinajstić information content (AvgIpc) is 2.37. The molecule has 0 unspecified atom stereocenters. The molecule has 0 spiro atoms. The summed E-state index contributed by atoms with van der Waals surface area (Å²) >= 11 is 0. The molecule has 2 N–H and O–H groups in total. The maximum Gasteiger partial charge on any atom is 0.248 e. The fourth-order valence-corrected chi connectivity index (χ4v) is 3.85. The van der Waals surface area contributed by atoms with Gasteiger partial charge in [-0.2, -0.15) is 4.31 Å². The lowest BCUT2D eigenvalue weighted by Crippen LogP contribution is -2.40. The van der Waals surface area contributed by atoms with E-state index in [1.807, 2.05) is 0 Å². The highest BCUT2D eigenvalue weighted by atomic mass is 35.5. The van der Waals surface area contributed by atoms with Gasteiger partial charge in [0.15, 0.2) is 4.90 Å². The molecule has 0 amide bonds. The Labute approximate surface area is 127 Å². The van der Waals surface area contributed by atoms with Crippen LogP contribution in [0.3, 0.4) is 0 Å². The third kappa shape index (κ3) is 3.68. The highest BCUT2D eigenvalue weighted by molar-refractivity contribution is 7.89. The second-order valence-corrected chi connectivity index (χ2v) is 6.66. The monoisotopic (exact) mass is 344 g/mol. The van der Waals surface area contributed by atoms with E-state index < -0.39 is 32.4 Å². The third-order valence-electron chi connectivity index (χ3n) is 3.47. The van der Waals surface area contributed by atoms with Crippen molar-refractivity contribution in [2.24, 2.45) is 11.7 Å². The SMILES string of the molecule is Cl.NCC1CCN(S(=O)(=O)c2c(F)cc(F)cc2F)CC1. The molecule has 21 heavy (non-hydrogen) atoms. The molecular weight excluding hydrogens is 329 g/mol. The number of nitrogens with zero attached hydrogens (tertiary/aromatic N) is 1. The Morgan fingerprint density at radius 3 is 2.05 bits per heavy atom. The van der Waals surface area contributed by atoms with Gasteiger partial charge in [0.25, 0.3) is 0 Å². The summed E-state index contributed by atoms with van der Waals surface area (Å²) in [6, 6.07) is 0.727. The topological polar surface area (TPSA) is 63.4 Å². The van der Waals surface area contributed by atoms with Crippen LogP contribution in [-0.2, 0) is 10.0 Å². The van der Waals surface area contributed by atoms with Crippen LogP contribution in [0.5, 0.6) is 0 Å². The molecule has 0 bridgehead atoms. The normalized spacial score (nSPS) is 17.5. The van der Waals surface area contributed by atoms with Gasteiger partial charge in [0.2, 0.25) is 10.0 Å². The summed E-state index contributed by atoms with van der Waals surface area (Å²) in [5, 5.41) is 0. The molecule has 2 rings (SSSR count). The van der Waals surface area contributed by atoms with Gasteiger partial charge in [-0.3, -0.25) is 0 Å². The molecule has 0 radical (unpaired) electrons. The van der Waals surface area contributed by atoms with Crippen molar-refractivity contribution in [3.05, 3.63) is 29.6 Å². The number of rotatable bonds is 3. The number of piperidine rings is 1. The first-order chi connectivity index (χ1) is 9.36. The first-order valence-corrected chi connectivity index (χ1v) is 7.65. The maximum absolute atomic E-state index is 13.6. The minimum Gasteiger partial charge on any atom is -0.330 e. The molecule has 0 aliphatic carbocycles. The zero-order valence-electron chi connectivity index (χ0n) is 11.1. The van der Waals surface area contributed by atoms with Crippen molar-refractivity contribution in [1.29, 1.82) is 0 Å². The molecule has 0 aromatic heterocycles. The second kappa shape index (κ2) is 6.95. The van der Waals surface area contributed by atoms with E-state index in [-0.39, 0.29) is 31.4 Å². The zero-order chi connectivity index (χ0) is 14.9. The molecule has 1 aliphatic heterocycles. The summed E-state index contributed by atoms with van der Waals surface area (Å²) in [5.41, 5.74) is 5.50. The number of hydrogen-bond acceptors (Lipinski definition) is 3. The zero-order valence-corrected chi connectivity index (χ0v) is 12.7. The molecule has 1 saturated heterocycles. The lowest BCUT2D eigenvalue weighted by molar-refractivity contribution is 0.277. The number of benzene rings is 1. The second-order valence-electron chi connectivity index (χ2n) is 4.78. The van der Waals surface area contributed by atoms with Crippen LogP contribution in [0.2, 0.25) is 0 Å². The number of hydrogen-bond donors (Lipinski definition) is 1. The van der Waals surface area contributed by atoms with Crippen molar-refractivity contribution >= 4 is 22.4 Å². The van der Waals surface area contributed by atoms with Gasteiger partial charge in [-0.25, -0.2) is 21.6 Å². The van der Waals surface area contributed by atoms with Gasteiger partial charge in [0.05, 0.1) is 0 Å². The molecule has 4 nitrogen and oxygen atoms in total. The van der Waals surface area contributed by atoms with E-state index in [0.717, 1.165) is 4.31 Å². The molecule has 1 heterocycles. The van der Waals surface area contributed by atoms with Crippen molar-refractivity contribution in [2.75, 3.05) is 19.6 Å². The Morgan fingerprint density at radius 1 is 1.14 bits per heavy atom. The number of sulfonamides is 1. The van der Waals surface area contributed by atoms with E-state index in [4.69, 9.17) is 5.73 Å². The van der Waals surface area contributed by atoms with Crippen molar-refractivity contribution in [1.82, 2.24) is 4.31 Å². The Hall–Kier alpha value is -0.830.